The van der Waals surface area contributed by atoms with Gasteiger partial charge in [-0.15, -0.1) is 11.3 Å². The Morgan fingerprint density at radius 1 is 1.23 bits per heavy atom. The Morgan fingerprint density at radius 2 is 2.13 bits per heavy atom. The number of amides is 1. The molecule has 1 fully saturated rings. The zero-order chi connectivity index (χ0) is 21.2. The molecular formula is C23H22N4O3S. The molecule has 0 spiro atoms. The number of hydrogen-bond donors (Lipinski definition) is 1. The van der Waals surface area contributed by atoms with E-state index in [1.54, 1.807) is 11.3 Å². The van der Waals surface area contributed by atoms with Crippen molar-refractivity contribution in [1.82, 2.24) is 20.4 Å². The quantitative estimate of drug-likeness (QED) is 0.498. The predicted molar refractivity (Wildman–Crippen MR) is 119 cm³/mol. The van der Waals surface area contributed by atoms with Crippen LogP contribution in [0.15, 0.2) is 53.1 Å². The fraction of sp³-hybridized carbons (Fsp3) is 0.261. The van der Waals surface area contributed by atoms with Crippen LogP contribution in [0.25, 0.3) is 20.8 Å². The second-order valence-electron chi connectivity index (χ2n) is 7.59. The van der Waals surface area contributed by atoms with Gasteiger partial charge in [0.05, 0.1) is 16.8 Å². The number of aromatic nitrogens is 2. The number of ether oxygens (including phenoxy) is 1. The third-order valence-electron chi connectivity index (χ3n) is 5.17. The summed E-state index contributed by atoms with van der Waals surface area (Å²) in [5, 5.41) is 7.85. The standard InChI is InChI=1S/C23H22N4O3S/c1-15-10-18(26-30-15)14-29-20-7-6-16(23-25-19-4-2-3-5-21(19)31-23)11-17(20)12-27-9-8-24-22(28)13-27/h2-7,10-11H,8-9,12-14H2,1H3,(H,24,28). The number of aryl methyl sites for hydroxylation is 1. The van der Waals surface area contributed by atoms with Gasteiger partial charge in [-0.2, -0.15) is 0 Å². The minimum absolute atomic E-state index is 0.0501. The van der Waals surface area contributed by atoms with Crippen molar-refractivity contribution >= 4 is 27.5 Å². The SMILES string of the molecule is Cc1cc(COc2ccc(-c3nc4ccccc4s3)cc2CN2CCNC(=O)C2)no1. The summed E-state index contributed by atoms with van der Waals surface area (Å²) >= 11 is 1.67. The third kappa shape index (κ3) is 4.45. The maximum Gasteiger partial charge on any atom is 0.234 e. The molecular weight excluding hydrogens is 412 g/mol. The maximum absolute atomic E-state index is 11.8. The van der Waals surface area contributed by atoms with Crippen LogP contribution in [0.1, 0.15) is 17.0 Å². The molecule has 1 aliphatic heterocycles. The summed E-state index contributed by atoms with van der Waals surface area (Å²) in [5.74, 6) is 1.58. The van der Waals surface area contributed by atoms with Crippen LogP contribution in [-0.2, 0) is 17.9 Å². The number of fused-ring (bicyclic) bond motifs is 1. The van der Waals surface area contributed by atoms with Crippen LogP contribution >= 0.6 is 11.3 Å². The van der Waals surface area contributed by atoms with Crippen LogP contribution in [-0.4, -0.2) is 40.6 Å². The molecule has 0 aliphatic carbocycles. The van der Waals surface area contributed by atoms with Gasteiger partial charge >= 0.3 is 0 Å². The zero-order valence-electron chi connectivity index (χ0n) is 17.1. The smallest absolute Gasteiger partial charge is 0.234 e. The van der Waals surface area contributed by atoms with Crippen molar-refractivity contribution in [2.75, 3.05) is 19.6 Å². The largest absolute Gasteiger partial charge is 0.487 e. The number of carbonyl (C=O) groups excluding carboxylic acids is 1. The predicted octanol–water partition coefficient (Wildman–Crippen LogP) is 3.77. The molecule has 31 heavy (non-hydrogen) atoms. The number of rotatable bonds is 6. The normalized spacial score (nSPS) is 14.7. The van der Waals surface area contributed by atoms with E-state index in [1.807, 2.05) is 43.3 Å². The van der Waals surface area contributed by atoms with E-state index in [0.29, 0.717) is 26.2 Å². The van der Waals surface area contributed by atoms with Crippen LogP contribution in [0.3, 0.4) is 0 Å². The molecule has 1 saturated heterocycles. The van der Waals surface area contributed by atoms with E-state index < -0.39 is 0 Å². The number of nitrogens with one attached hydrogen (secondary N) is 1. The lowest BCUT2D eigenvalue weighted by Gasteiger charge is -2.27. The Hall–Kier alpha value is -3.23. The van der Waals surface area contributed by atoms with Crippen LogP contribution in [0.4, 0.5) is 0 Å². The Kier molecular flexibility index (Phi) is 5.40. The van der Waals surface area contributed by atoms with E-state index in [4.69, 9.17) is 14.2 Å². The minimum atomic E-state index is 0.0501. The Morgan fingerprint density at radius 3 is 2.94 bits per heavy atom. The van der Waals surface area contributed by atoms with Gasteiger partial charge in [-0.1, -0.05) is 17.3 Å². The van der Waals surface area contributed by atoms with Crippen LogP contribution in [0.2, 0.25) is 0 Å². The highest BCUT2D eigenvalue weighted by atomic mass is 32.1. The van der Waals surface area contributed by atoms with Crippen LogP contribution in [0, 0.1) is 6.92 Å². The van der Waals surface area contributed by atoms with E-state index in [-0.39, 0.29) is 5.91 Å². The van der Waals surface area contributed by atoms with Gasteiger partial charge in [-0.25, -0.2) is 4.98 Å². The van der Waals surface area contributed by atoms with Crippen molar-refractivity contribution in [2.24, 2.45) is 0 Å². The fourth-order valence-electron chi connectivity index (χ4n) is 3.68. The lowest BCUT2D eigenvalue weighted by atomic mass is 10.1. The Labute approximate surface area is 183 Å². The van der Waals surface area contributed by atoms with E-state index in [0.717, 1.165) is 50.1 Å². The third-order valence-corrected chi connectivity index (χ3v) is 6.25. The van der Waals surface area contributed by atoms with Crippen molar-refractivity contribution in [3.8, 4) is 16.3 Å². The highest BCUT2D eigenvalue weighted by molar-refractivity contribution is 7.21. The van der Waals surface area contributed by atoms with Gasteiger partial charge < -0.3 is 14.6 Å². The van der Waals surface area contributed by atoms with Gasteiger partial charge in [0.15, 0.2) is 0 Å². The zero-order valence-corrected chi connectivity index (χ0v) is 17.9. The highest BCUT2D eigenvalue weighted by Gasteiger charge is 2.19. The summed E-state index contributed by atoms with van der Waals surface area (Å²) in [5.41, 5.74) is 3.81. The molecule has 8 heteroatoms. The van der Waals surface area contributed by atoms with Crippen molar-refractivity contribution in [3.63, 3.8) is 0 Å². The molecule has 5 rings (SSSR count). The van der Waals surface area contributed by atoms with Crippen molar-refractivity contribution < 1.29 is 14.1 Å². The molecule has 0 unspecified atom stereocenters. The maximum atomic E-state index is 11.8. The van der Waals surface area contributed by atoms with Gasteiger partial charge in [0, 0.05) is 36.8 Å². The second kappa shape index (κ2) is 8.49. The molecule has 0 bridgehead atoms. The van der Waals surface area contributed by atoms with Gasteiger partial charge in [0.2, 0.25) is 5.91 Å². The Balaban J connectivity index is 1.45. The van der Waals surface area contributed by atoms with Gasteiger partial charge in [-0.05, 0) is 37.3 Å². The van der Waals surface area contributed by atoms with Gasteiger partial charge in [0.25, 0.3) is 0 Å². The number of piperazine rings is 1. The summed E-state index contributed by atoms with van der Waals surface area (Å²) in [4.78, 5) is 18.8. The molecule has 2 aromatic heterocycles. The summed E-state index contributed by atoms with van der Waals surface area (Å²) in [6, 6.07) is 16.1. The summed E-state index contributed by atoms with van der Waals surface area (Å²) in [6.07, 6.45) is 0. The molecule has 0 atom stereocenters. The first-order valence-electron chi connectivity index (χ1n) is 10.2. The first kappa shape index (κ1) is 19.7. The molecule has 2 aromatic carbocycles. The number of para-hydroxylation sites is 1. The van der Waals surface area contributed by atoms with Gasteiger partial charge in [0.1, 0.15) is 28.8 Å². The summed E-state index contributed by atoms with van der Waals surface area (Å²) < 4.78 is 12.4. The fourth-order valence-corrected chi connectivity index (χ4v) is 4.64. The van der Waals surface area contributed by atoms with Crippen molar-refractivity contribution in [3.05, 3.63) is 65.5 Å². The molecule has 1 amide bonds. The number of thiazole rings is 1. The van der Waals surface area contributed by atoms with E-state index >= 15 is 0 Å². The number of hydrogen-bond acceptors (Lipinski definition) is 7. The highest BCUT2D eigenvalue weighted by Crippen LogP contribution is 2.33. The first-order valence-corrected chi connectivity index (χ1v) is 11.0. The molecule has 158 valence electrons. The lowest BCUT2D eigenvalue weighted by molar-refractivity contribution is -0.124. The molecule has 1 aliphatic rings. The number of benzene rings is 2. The number of carbonyl (C=O) groups is 1. The van der Waals surface area contributed by atoms with Crippen molar-refractivity contribution in [2.45, 2.75) is 20.1 Å². The van der Waals surface area contributed by atoms with Crippen molar-refractivity contribution in [1.29, 1.82) is 0 Å². The number of nitrogens with zero attached hydrogens (tertiary/aromatic N) is 3. The summed E-state index contributed by atoms with van der Waals surface area (Å²) in [6.45, 7) is 4.65. The molecule has 0 radical (unpaired) electrons. The van der Waals surface area contributed by atoms with E-state index in [2.05, 4.69) is 27.5 Å². The molecule has 0 saturated carbocycles. The summed E-state index contributed by atoms with van der Waals surface area (Å²) in [7, 11) is 0. The molecule has 3 heterocycles. The van der Waals surface area contributed by atoms with E-state index in [9.17, 15) is 4.79 Å². The molecule has 1 N–H and O–H groups in total. The Bertz CT molecular complexity index is 1200. The van der Waals surface area contributed by atoms with Crippen LogP contribution < -0.4 is 10.1 Å². The van der Waals surface area contributed by atoms with E-state index in [1.165, 1.54) is 0 Å². The van der Waals surface area contributed by atoms with Gasteiger partial charge in [-0.3, -0.25) is 9.69 Å². The molecule has 4 aromatic rings. The average Bonchev–Trinajstić information content (AvgIpc) is 3.39. The average molecular weight is 435 g/mol. The lowest BCUT2D eigenvalue weighted by Crippen LogP contribution is -2.47. The second-order valence-corrected chi connectivity index (χ2v) is 8.62. The topological polar surface area (TPSA) is 80.5 Å². The monoisotopic (exact) mass is 434 g/mol. The minimum Gasteiger partial charge on any atom is -0.487 e. The first-order chi connectivity index (χ1) is 15.1. The molecule has 7 nitrogen and oxygen atoms in total. The van der Waals surface area contributed by atoms with Crippen LogP contribution in [0.5, 0.6) is 5.75 Å².